The molecule has 130 valence electrons. The molecule has 1 N–H and O–H groups in total. The first kappa shape index (κ1) is 17.2. The standard InChI is InChI=1S/C16H21N3O3S2/c1-2-14-5-6-16(23-14)24(21,22)19-10-8-18(9-11-19)15(20)12-13-4-3-7-17-13/h3-7,17H,2,8-12H2,1H3. The number of carbonyl (C=O) groups excluding carboxylic acids is 1. The van der Waals surface area contributed by atoms with Gasteiger partial charge in [-0.2, -0.15) is 4.31 Å². The van der Waals surface area contributed by atoms with E-state index in [4.69, 9.17) is 0 Å². The lowest BCUT2D eigenvalue weighted by atomic mass is 10.2. The molecule has 3 rings (SSSR count). The molecule has 3 heterocycles. The number of sulfonamides is 1. The van der Waals surface area contributed by atoms with Crippen LogP contribution in [0.25, 0.3) is 0 Å². The number of piperazine rings is 1. The van der Waals surface area contributed by atoms with Gasteiger partial charge in [-0.3, -0.25) is 4.79 Å². The van der Waals surface area contributed by atoms with Gasteiger partial charge in [-0.25, -0.2) is 8.42 Å². The molecule has 0 unspecified atom stereocenters. The highest BCUT2D eigenvalue weighted by Crippen LogP contribution is 2.26. The average Bonchev–Trinajstić information content (AvgIpc) is 3.26. The van der Waals surface area contributed by atoms with Gasteiger partial charge in [-0.1, -0.05) is 6.92 Å². The molecule has 24 heavy (non-hydrogen) atoms. The highest BCUT2D eigenvalue weighted by atomic mass is 32.2. The van der Waals surface area contributed by atoms with E-state index in [-0.39, 0.29) is 5.91 Å². The fraction of sp³-hybridized carbons (Fsp3) is 0.438. The number of hydrogen-bond donors (Lipinski definition) is 1. The van der Waals surface area contributed by atoms with Crippen molar-refractivity contribution in [3.63, 3.8) is 0 Å². The normalized spacial score (nSPS) is 16.5. The maximum Gasteiger partial charge on any atom is 0.252 e. The lowest BCUT2D eigenvalue weighted by Gasteiger charge is -2.33. The van der Waals surface area contributed by atoms with Crippen LogP contribution in [0.5, 0.6) is 0 Å². The van der Waals surface area contributed by atoms with Crippen LogP contribution in [0.4, 0.5) is 0 Å². The molecule has 0 spiro atoms. The molecule has 0 aromatic carbocycles. The molecule has 1 amide bonds. The van der Waals surface area contributed by atoms with E-state index in [1.54, 1.807) is 17.2 Å². The number of rotatable bonds is 5. The molecule has 1 aliphatic heterocycles. The summed E-state index contributed by atoms with van der Waals surface area (Å²) in [5, 5.41) is 0. The number of H-pyrrole nitrogens is 1. The van der Waals surface area contributed by atoms with Crippen molar-refractivity contribution in [2.24, 2.45) is 0 Å². The number of carbonyl (C=O) groups is 1. The fourth-order valence-corrected chi connectivity index (χ4v) is 5.62. The van der Waals surface area contributed by atoms with Gasteiger partial charge < -0.3 is 9.88 Å². The highest BCUT2D eigenvalue weighted by molar-refractivity contribution is 7.91. The summed E-state index contributed by atoms with van der Waals surface area (Å²) in [7, 11) is -3.44. The first-order valence-corrected chi connectivity index (χ1v) is 10.2. The molecule has 2 aromatic rings. The van der Waals surface area contributed by atoms with E-state index < -0.39 is 10.0 Å². The topological polar surface area (TPSA) is 73.5 Å². The summed E-state index contributed by atoms with van der Waals surface area (Å²) >= 11 is 1.33. The van der Waals surface area contributed by atoms with Gasteiger partial charge in [0.05, 0.1) is 6.42 Å². The van der Waals surface area contributed by atoms with Crippen molar-refractivity contribution in [3.05, 3.63) is 41.0 Å². The molecule has 2 aromatic heterocycles. The van der Waals surface area contributed by atoms with Crippen LogP contribution in [0.15, 0.2) is 34.7 Å². The minimum atomic E-state index is -3.44. The second-order valence-electron chi connectivity index (χ2n) is 5.73. The molecule has 6 nitrogen and oxygen atoms in total. The summed E-state index contributed by atoms with van der Waals surface area (Å²) in [5.74, 6) is 0.0268. The number of aryl methyl sites for hydroxylation is 1. The quantitative estimate of drug-likeness (QED) is 0.874. The van der Waals surface area contributed by atoms with Crippen molar-refractivity contribution in [1.29, 1.82) is 0 Å². The van der Waals surface area contributed by atoms with Crippen molar-refractivity contribution in [3.8, 4) is 0 Å². The molecule has 1 saturated heterocycles. The van der Waals surface area contributed by atoms with Crippen molar-refractivity contribution in [1.82, 2.24) is 14.2 Å². The van der Waals surface area contributed by atoms with Crippen LogP contribution in [0, 0.1) is 0 Å². The average molecular weight is 367 g/mol. The largest absolute Gasteiger partial charge is 0.365 e. The Morgan fingerprint density at radius 3 is 2.54 bits per heavy atom. The Hall–Kier alpha value is -1.64. The molecule has 0 saturated carbocycles. The van der Waals surface area contributed by atoms with Crippen molar-refractivity contribution in [2.45, 2.75) is 24.0 Å². The van der Waals surface area contributed by atoms with Crippen LogP contribution in [0.3, 0.4) is 0 Å². The van der Waals surface area contributed by atoms with E-state index in [0.717, 1.165) is 17.0 Å². The molecule has 1 fully saturated rings. The summed E-state index contributed by atoms with van der Waals surface area (Å²) in [5.41, 5.74) is 0.876. The van der Waals surface area contributed by atoms with Gasteiger partial charge in [-0.15, -0.1) is 11.3 Å². The lowest BCUT2D eigenvalue weighted by molar-refractivity contribution is -0.131. The van der Waals surface area contributed by atoms with Gasteiger partial charge in [0.15, 0.2) is 0 Å². The third-order valence-electron chi connectivity index (χ3n) is 4.17. The molecule has 1 aliphatic rings. The number of nitrogens with zero attached hydrogens (tertiary/aromatic N) is 2. The first-order valence-electron chi connectivity index (χ1n) is 7.99. The van der Waals surface area contributed by atoms with Crippen LogP contribution < -0.4 is 0 Å². The Balaban J connectivity index is 1.61. The number of thiophene rings is 1. The van der Waals surface area contributed by atoms with Gasteiger partial charge in [0.2, 0.25) is 5.91 Å². The first-order chi connectivity index (χ1) is 11.5. The van der Waals surface area contributed by atoms with Gasteiger partial charge >= 0.3 is 0 Å². The molecule has 0 aliphatic carbocycles. The Morgan fingerprint density at radius 1 is 1.21 bits per heavy atom. The predicted octanol–water partition coefficient (Wildman–Crippen LogP) is 1.71. The zero-order valence-corrected chi connectivity index (χ0v) is 15.2. The van der Waals surface area contributed by atoms with Crippen LogP contribution in [0.2, 0.25) is 0 Å². The minimum absolute atomic E-state index is 0.0268. The van der Waals surface area contributed by atoms with Crippen molar-refractivity contribution < 1.29 is 13.2 Å². The third-order valence-corrected chi connectivity index (χ3v) is 7.77. The zero-order chi connectivity index (χ0) is 17.2. The van der Waals surface area contributed by atoms with Crippen LogP contribution in [-0.2, 0) is 27.7 Å². The number of nitrogens with one attached hydrogen (secondary N) is 1. The van der Waals surface area contributed by atoms with Crippen LogP contribution >= 0.6 is 11.3 Å². The Morgan fingerprint density at radius 2 is 1.96 bits per heavy atom. The minimum Gasteiger partial charge on any atom is -0.365 e. The summed E-state index contributed by atoms with van der Waals surface area (Å²) in [6.45, 7) is 3.57. The molecular weight excluding hydrogens is 346 g/mol. The lowest BCUT2D eigenvalue weighted by Crippen LogP contribution is -2.50. The molecule has 8 heteroatoms. The van der Waals surface area contributed by atoms with E-state index in [1.807, 2.05) is 25.1 Å². The number of hydrogen-bond acceptors (Lipinski definition) is 4. The van der Waals surface area contributed by atoms with Gasteiger partial charge in [0, 0.05) is 42.9 Å². The van der Waals surface area contributed by atoms with E-state index in [1.165, 1.54) is 15.6 Å². The smallest absolute Gasteiger partial charge is 0.252 e. The second-order valence-corrected chi connectivity index (χ2v) is 9.06. The van der Waals surface area contributed by atoms with Crippen molar-refractivity contribution in [2.75, 3.05) is 26.2 Å². The Kier molecular flexibility index (Phi) is 5.07. The predicted molar refractivity (Wildman–Crippen MR) is 93.5 cm³/mol. The van der Waals surface area contributed by atoms with Gasteiger partial charge in [0.1, 0.15) is 4.21 Å². The number of aromatic nitrogens is 1. The molecule has 0 radical (unpaired) electrons. The Labute approximate surface area is 146 Å². The molecular formula is C16H21N3O3S2. The van der Waals surface area contributed by atoms with E-state index in [2.05, 4.69) is 4.98 Å². The van der Waals surface area contributed by atoms with Crippen molar-refractivity contribution >= 4 is 27.3 Å². The van der Waals surface area contributed by atoms with E-state index in [0.29, 0.717) is 36.8 Å². The van der Waals surface area contributed by atoms with Gasteiger partial charge in [0.25, 0.3) is 10.0 Å². The van der Waals surface area contributed by atoms with E-state index >= 15 is 0 Å². The number of aromatic amines is 1. The molecule has 0 bridgehead atoms. The fourth-order valence-electron chi connectivity index (χ4n) is 2.74. The van der Waals surface area contributed by atoms with E-state index in [9.17, 15) is 13.2 Å². The summed E-state index contributed by atoms with van der Waals surface area (Å²) in [4.78, 5) is 18.1. The third kappa shape index (κ3) is 3.55. The van der Waals surface area contributed by atoms with Crippen LogP contribution in [0.1, 0.15) is 17.5 Å². The SMILES string of the molecule is CCc1ccc(S(=O)(=O)N2CCN(C(=O)Cc3ccc[nH]3)CC2)s1. The zero-order valence-electron chi connectivity index (χ0n) is 13.6. The van der Waals surface area contributed by atoms with Crippen LogP contribution in [-0.4, -0.2) is 54.7 Å². The Bertz CT molecular complexity index is 788. The number of amides is 1. The van der Waals surface area contributed by atoms with Gasteiger partial charge in [-0.05, 0) is 30.7 Å². The summed E-state index contributed by atoms with van der Waals surface area (Å²) in [6.07, 6.45) is 2.95. The molecule has 0 atom stereocenters. The monoisotopic (exact) mass is 367 g/mol. The summed E-state index contributed by atoms with van der Waals surface area (Å²) in [6, 6.07) is 7.29. The maximum atomic E-state index is 12.7. The second kappa shape index (κ2) is 7.08. The summed E-state index contributed by atoms with van der Waals surface area (Å²) < 4.78 is 27.2. The highest BCUT2D eigenvalue weighted by Gasteiger charge is 2.31. The maximum absolute atomic E-state index is 12.7.